The first-order chi connectivity index (χ1) is 12.8. The molecule has 2 aliphatic rings. The summed E-state index contributed by atoms with van der Waals surface area (Å²) in [7, 11) is 0. The first-order valence-electron chi connectivity index (χ1n) is 9.11. The second kappa shape index (κ2) is 7.87. The lowest BCUT2D eigenvalue weighted by molar-refractivity contribution is -0.194. The molecule has 2 unspecified atom stereocenters. The van der Waals surface area contributed by atoms with Gasteiger partial charge in [-0.3, -0.25) is 9.59 Å². The van der Waals surface area contributed by atoms with Crippen molar-refractivity contribution in [3.8, 4) is 0 Å². The summed E-state index contributed by atoms with van der Waals surface area (Å²) in [6.45, 7) is -0.00142. The molecule has 0 bridgehead atoms. The molecule has 1 aromatic rings. The first-order valence-corrected chi connectivity index (χ1v) is 9.11. The fraction of sp³-hybridized carbons (Fsp3) is 0.706. The summed E-state index contributed by atoms with van der Waals surface area (Å²) >= 11 is 0. The molecule has 2 atom stereocenters. The maximum Gasteiger partial charge on any atom is 0.395 e. The number of amides is 2. The molecule has 0 aromatic carbocycles. The van der Waals surface area contributed by atoms with Crippen molar-refractivity contribution in [1.29, 1.82) is 0 Å². The first kappa shape index (κ1) is 19.7. The van der Waals surface area contributed by atoms with Gasteiger partial charge in [-0.25, -0.2) is 0 Å². The maximum absolute atomic E-state index is 13.5. The second-order valence-electron chi connectivity index (χ2n) is 7.14. The molecule has 7 nitrogen and oxygen atoms in total. The van der Waals surface area contributed by atoms with Gasteiger partial charge in [-0.2, -0.15) is 13.2 Å². The summed E-state index contributed by atoms with van der Waals surface area (Å²) < 4.78 is 45.6. The number of nitrogens with zero attached hydrogens (tertiary/aromatic N) is 2. The van der Waals surface area contributed by atoms with Crippen LogP contribution in [0, 0.1) is 5.92 Å². The van der Waals surface area contributed by atoms with Crippen molar-refractivity contribution in [3.63, 3.8) is 0 Å². The van der Waals surface area contributed by atoms with Gasteiger partial charge >= 0.3 is 6.18 Å². The van der Waals surface area contributed by atoms with Crippen molar-refractivity contribution in [2.24, 2.45) is 11.7 Å². The molecular weight excluding hydrogens is 365 g/mol. The smallest absolute Gasteiger partial charge is 0.360 e. The standard InChI is InChI=1S/C17H23F3N4O3/c18-17(19,20)11-9-24(15(25)2-1-6-21)7-5-12(11)22-16(26)13-8-14(27-23-13)10-3-4-10/h8,10-12H,1-7,9,21H2,(H,22,26). The van der Waals surface area contributed by atoms with Crippen molar-refractivity contribution in [2.45, 2.75) is 50.2 Å². The second-order valence-corrected chi connectivity index (χ2v) is 7.14. The molecule has 3 N–H and O–H groups in total. The summed E-state index contributed by atoms with van der Waals surface area (Å²) in [6.07, 6.45) is -2.03. The number of halogens is 3. The van der Waals surface area contributed by atoms with Crippen LogP contribution >= 0.6 is 0 Å². The number of rotatable bonds is 6. The van der Waals surface area contributed by atoms with Crippen LogP contribution in [0.4, 0.5) is 13.2 Å². The highest BCUT2D eigenvalue weighted by molar-refractivity contribution is 5.92. The van der Waals surface area contributed by atoms with Gasteiger partial charge in [0.15, 0.2) is 5.69 Å². The van der Waals surface area contributed by atoms with Crippen LogP contribution in [0.1, 0.15) is 54.3 Å². The third-order valence-electron chi connectivity index (χ3n) is 5.04. The number of likely N-dealkylation sites (tertiary alicyclic amines) is 1. The minimum absolute atomic E-state index is 0.0146. The lowest BCUT2D eigenvalue weighted by Crippen LogP contribution is -2.56. The Morgan fingerprint density at radius 2 is 2.07 bits per heavy atom. The molecule has 1 aliphatic carbocycles. The third-order valence-corrected chi connectivity index (χ3v) is 5.04. The van der Waals surface area contributed by atoms with Crippen LogP contribution in [0.5, 0.6) is 0 Å². The zero-order valence-corrected chi connectivity index (χ0v) is 14.8. The van der Waals surface area contributed by atoms with Crippen LogP contribution in [0.25, 0.3) is 0 Å². The normalized spacial score (nSPS) is 23.3. The summed E-state index contributed by atoms with van der Waals surface area (Å²) in [5.74, 6) is -2.01. The highest BCUT2D eigenvalue weighted by Crippen LogP contribution is 2.40. The molecule has 1 aliphatic heterocycles. The van der Waals surface area contributed by atoms with Crippen LogP contribution < -0.4 is 11.1 Å². The molecular formula is C17H23F3N4O3. The fourth-order valence-corrected chi connectivity index (χ4v) is 3.29. The molecule has 3 rings (SSSR count). The van der Waals surface area contributed by atoms with Crippen molar-refractivity contribution in [2.75, 3.05) is 19.6 Å². The van der Waals surface area contributed by atoms with E-state index in [-0.39, 0.29) is 36.9 Å². The Labute approximate surface area is 154 Å². The van der Waals surface area contributed by atoms with Crippen molar-refractivity contribution in [3.05, 3.63) is 17.5 Å². The number of hydrogen-bond donors (Lipinski definition) is 2. The van der Waals surface area contributed by atoms with Gasteiger partial charge in [0.05, 0.1) is 5.92 Å². The Bertz CT molecular complexity index is 687. The number of alkyl halides is 3. The number of aromatic nitrogens is 1. The monoisotopic (exact) mass is 388 g/mol. The van der Waals surface area contributed by atoms with Gasteiger partial charge in [-0.05, 0) is 32.2 Å². The summed E-state index contributed by atoms with van der Waals surface area (Å²) in [5.41, 5.74) is 5.33. The third kappa shape index (κ3) is 4.79. The molecule has 1 saturated carbocycles. The Balaban J connectivity index is 1.64. The zero-order valence-electron chi connectivity index (χ0n) is 14.8. The van der Waals surface area contributed by atoms with E-state index in [2.05, 4.69) is 10.5 Å². The van der Waals surface area contributed by atoms with E-state index in [1.54, 1.807) is 0 Å². The molecule has 10 heteroatoms. The van der Waals surface area contributed by atoms with E-state index in [9.17, 15) is 22.8 Å². The lowest BCUT2D eigenvalue weighted by Gasteiger charge is -2.39. The number of piperidine rings is 1. The Kier molecular flexibility index (Phi) is 5.73. The lowest BCUT2D eigenvalue weighted by atomic mass is 9.91. The minimum Gasteiger partial charge on any atom is -0.360 e. The molecule has 2 heterocycles. The Morgan fingerprint density at radius 3 is 2.70 bits per heavy atom. The van der Waals surface area contributed by atoms with Crippen LogP contribution in [0.15, 0.2) is 10.6 Å². The molecule has 2 amide bonds. The van der Waals surface area contributed by atoms with E-state index in [4.69, 9.17) is 10.3 Å². The van der Waals surface area contributed by atoms with Gasteiger partial charge < -0.3 is 20.5 Å². The molecule has 1 saturated heterocycles. The van der Waals surface area contributed by atoms with Crippen LogP contribution in [0.3, 0.4) is 0 Å². The highest BCUT2D eigenvalue weighted by Gasteiger charge is 2.48. The molecule has 2 fully saturated rings. The topological polar surface area (TPSA) is 101 Å². The summed E-state index contributed by atoms with van der Waals surface area (Å²) in [4.78, 5) is 25.6. The van der Waals surface area contributed by atoms with Gasteiger partial charge in [0.2, 0.25) is 5.91 Å². The van der Waals surface area contributed by atoms with E-state index in [0.29, 0.717) is 18.7 Å². The Hall–Kier alpha value is -2.10. The predicted molar refractivity (Wildman–Crippen MR) is 88.8 cm³/mol. The van der Waals surface area contributed by atoms with Crippen molar-refractivity contribution in [1.82, 2.24) is 15.4 Å². The van der Waals surface area contributed by atoms with E-state index in [1.807, 2.05) is 0 Å². The van der Waals surface area contributed by atoms with Gasteiger partial charge in [-0.1, -0.05) is 5.16 Å². The maximum atomic E-state index is 13.5. The van der Waals surface area contributed by atoms with Gasteiger partial charge in [0, 0.05) is 37.5 Å². The molecule has 0 spiro atoms. The van der Waals surface area contributed by atoms with E-state index in [1.165, 1.54) is 11.0 Å². The van der Waals surface area contributed by atoms with Gasteiger partial charge in [0.1, 0.15) is 5.76 Å². The quantitative estimate of drug-likeness (QED) is 0.774. The highest BCUT2D eigenvalue weighted by atomic mass is 19.4. The van der Waals surface area contributed by atoms with E-state index < -0.39 is 30.6 Å². The molecule has 1 aromatic heterocycles. The number of carbonyl (C=O) groups excluding carboxylic acids is 2. The van der Waals surface area contributed by atoms with Crippen LogP contribution in [-0.2, 0) is 4.79 Å². The summed E-state index contributed by atoms with van der Waals surface area (Å²) in [5, 5.41) is 6.09. The van der Waals surface area contributed by atoms with Crippen LogP contribution in [0.2, 0.25) is 0 Å². The number of nitrogens with one attached hydrogen (secondary N) is 1. The molecule has 0 radical (unpaired) electrons. The SMILES string of the molecule is NCCCC(=O)N1CCC(NC(=O)c2cc(C3CC3)on2)C(C(F)(F)F)C1. The van der Waals surface area contributed by atoms with E-state index in [0.717, 1.165) is 12.8 Å². The average Bonchev–Trinajstić information content (AvgIpc) is 3.35. The summed E-state index contributed by atoms with van der Waals surface area (Å²) in [6, 6.07) is 0.373. The van der Waals surface area contributed by atoms with Gasteiger partial charge in [0.25, 0.3) is 5.91 Å². The Morgan fingerprint density at radius 1 is 1.33 bits per heavy atom. The zero-order chi connectivity index (χ0) is 19.6. The van der Waals surface area contributed by atoms with E-state index >= 15 is 0 Å². The molecule has 150 valence electrons. The van der Waals surface area contributed by atoms with Crippen molar-refractivity contribution < 1.29 is 27.3 Å². The van der Waals surface area contributed by atoms with Gasteiger partial charge in [-0.15, -0.1) is 0 Å². The number of nitrogens with two attached hydrogens (primary N) is 1. The fourth-order valence-electron chi connectivity index (χ4n) is 3.29. The number of carbonyl (C=O) groups is 2. The minimum atomic E-state index is -4.53. The molecule has 27 heavy (non-hydrogen) atoms. The van der Waals surface area contributed by atoms with Crippen LogP contribution in [-0.4, -0.2) is 53.7 Å². The average molecular weight is 388 g/mol. The van der Waals surface area contributed by atoms with Crippen molar-refractivity contribution >= 4 is 11.8 Å². The number of hydrogen-bond acceptors (Lipinski definition) is 5. The largest absolute Gasteiger partial charge is 0.395 e. The predicted octanol–water partition coefficient (Wildman–Crippen LogP) is 1.80.